The Labute approximate surface area is 120 Å². The lowest BCUT2D eigenvalue weighted by Gasteiger charge is -2.09. The fraction of sp³-hybridized carbons (Fsp3) is 0.571. The Hall–Kier alpha value is -1.82. The van der Waals surface area contributed by atoms with Crippen LogP contribution in [-0.4, -0.2) is 37.8 Å². The Kier molecular flexibility index (Phi) is 8.14. The topological polar surface area (TPSA) is 81.8 Å². The van der Waals surface area contributed by atoms with Crippen molar-refractivity contribution in [1.29, 1.82) is 0 Å². The second kappa shape index (κ2) is 10.0. The first kappa shape index (κ1) is 16.2. The summed E-state index contributed by atoms with van der Waals surface area (Å²) >= 11 is 0. The van der Waals surface area contributed by atoms with Crippen LogP contribution in [0.1, 0.15) is 25.3 Å². The molecule has 0 aliphatic rings. The average Bonchev–Trinajstić information content (AvgIpc) is 2.47. The number of rotatable bonds is 9. The molecule has 1 heterocycles. The van der Waals surface area contributed by atoms with E-state index in [2.05, 4.69) is 22.2 Å². The molecule has 0 saturated heterocycles. The molecule has 20 heavy (non-hydrogen) atoms. The standard InChI is InChI=1S/C14H24N4O2/c1-3-4-9-20-13-12(6-5-7-16-13)11-18-14(15)17-8-10-19-2/h5-7H,3-4,8-11H2,1-2H3,(H3,15,17,18). The van der Waals surface area contributed by atoms with Gasteiger partial charge in [-0.2, -0.15) is 0 Å². The molecule has 0 aliphatic heterocycles. The number of nitrogens with one attached hydrogen (secondary N) is 1. The monoisotopic (exact) mass is 280 g/mol. The van der Waals surface area contributed by atoms with E-state index < -0.39 is 0 Å². The van der Waals surface area contributed by atoms with Crippen LogP contribution in [0, 0.1) is 0 Å². The molecule has 0 aliphatic carbocycles. The van der Waals surface area contributed by atoms with Crippen LogP contribution >= 0.6 is 0 Å². The van der Waals surface area contributed by atoms with Crippen molar-refractivity contribution in [2.75, 3.05) is 26.9 Å². The molecule has 6 heteroatoms. The van der Waals surface area contributed by atoms with Gasteiger partial charge < -0.3 is 20.5 Å². The van der Waals surface area contributed by atoms with E-state index in [0.29, 0.717) is 38.1 Å². The number of unbranched alkanes of at least 4 members (excludes halogenated alkanes) is 1. The highest BCUT2D eigenvalue weighted by atomic mass is 16.5. The predicted molar refractivity (Wildman–Crippen MR) is 79.8 cm³/mol. The molecule has 0 unspecified atom stereocenters. The number of methoxy groups -OCH3 is 1. The van der Waals surface area contributed by atoms with Crippen molar-refractivity contribution < 1.29 is 9.47 Å². The van der Waals surface area contributed by atoms with Crippen LogP contribution in [0.15, 0.2) is 23.3 Å². The maximum atomic E-state index is 5.76. The van der Waals surface area contributed by atoms with E-state index in [4.69, 9.17) is 15.2 Å². The zero-order chi connectivity index (χ0) is 14.6. The quantitative estimate of drug-likeness (QED) is 0.405. The minimum atomic E-state index is 0.394. The molecule has 0 spiro atoms. The van der Waals surface area contributed by atoms with Gasteiger partial charge in [0.25, 0.3) is 0 Å². The summed E-state index contributed by atoms with van der Waals surface area (Å²) in [6.45, 7) is 4.47. The van der Waals surface area contributed by atoms with Gasteiger partial charge in [-0.1, -0.05) is 19.4 Å². The molecule has 1 aromatic heterocycles. The smallest absolute Gasteiger partial charge is 0.218 e. The van der Waals surface area contributed by atoms with Crippen LogP contribution in [0.25, 0.3) is 0 Å². The SMILES string of the molecule is CCCCOc1ncccc1CN=C(N)NCCOC. The molecule has 0 bridgehead atoms. The highest BCUT2D eigenvalue weighted by molar-refractivity contribution is 5.77. The molecule has 1 aromatic rings. The number of pyridine rings is 1. The zero-order valence-corrected chi connectivity index (χ0v) is 12.3. The van der Waals surface area contributed by atoms with Gasteiger partial charge in [0.2, 0.25) is 5.88 Å². The first-order valence-corrected chi connectivity index (χ1v) is 6.87. The Morgan fingerprint density at radius 1 is 1.45 bits per heavy atom. The van der Waals surface area contributed by atoms with Gasteiger partial charge in [-0.25, -0.2) is 9.98 Å². The molecule has 0 aromatic carbocycles. The largest absolute Gasteiger partial charge is 0.477 e. The van der Waals surface area contributed by atoms with Gasteiger partial charge in [0.05, 0.1) is 19.8 Å². The van der Waals surface area contributed by atoms with Crippen molar-refractivity contribution >= 4 is 5.96 Å². The van der Waals surface area contributed by atoms with Crippen LogP contribution in [0.4, 0.5) is 0 Å². The van der Waals surface area contributed by atoms with Gasteiger partial charge in [-0.05, 0) is 12.5 Å². The summed E-state index contributed by atoms with van der Waals surface area (Å²) in [5.41, 5.74) is 6.69. The van der Waals surface area contributed by atoms with Crippen LogP contribution in [0.5, 0.6) is 5.88 Å². The first-order valence-electron chi connectivity index (χ1n) is 6.87. The fourth-order valence-corrected chi connectivity index (χ4v) is 1.50. The number of hydrogen-bond donors (Lipinski definition) is 2. The molecule has 0 atom stereocenters. The summed E-state index contributed by atoms with van der Waals surface area (Å²) in [6, 6.07) is 3.81. The number of aliphatic imine (C=N–C) groups is 1. The van der Waals surface area contributed by atoms with E-state index in [1.54, 1.807) is 13.3 Å². The molecular weight excluding hydrogens is 256 g/mol. The van der Waals surface area contributed by atoms with Gasteiger partial charge in [0, 0.05) is 25.4 Å². The number of guanidine groups is 1. The zero-order valence-electron chi connectivity index (χ0n) is 12.3. The van der Waals surface area contributed by atoms with E-state index in [0.717, 1.165) is 18.4 Å². The van der Waals surface area contributed by atoms with E-state index in [9.17, 15) is 0 Å². The predicted octanol–water partition coefficient (Wildman–Crippen LogP) is 1.31. The number of aromatic nitrogens is 1. The number of ether oxygens (including phenoxy) is 2. The summed E-state index contributed by atoms with van der Waals surface area (Å²) in [5.74, 6) is 1.03. The number of nitrogens with two attached hydrogens (primary N) is 1. The lowest BCUT2D eigenvalue weighted by molar-refractivity contribution is 0.204. The van der Waals surface area contributed by atoms with Gasteiger partial charge >= 0.3 is 0 Å². The maximum absolute atomic E-state index is 5.76. The van der Waals surface area contributed by atoms with Crippen LogP contribution in [0.3, 0.4) is 0 Å². The second-order valence-corrected chi connectivity index (χ2v) is 4.29. The molecule has 0 saturated carbocycles. The number of nitrogens with zero attached hydrogens (tertiary/aromatic N) is 2. The Morgan fingerprint density at radius 3 is 3.05 bits per heavy atom. The third-order valence-corrected chi connectivity index (χ3v) is 2.62. The normalized spacial score (nSPS) is 11.4. The molecule has 3 N–H and O–H groups in total. The number of hydrogen-bond acceptors (Lipinski definition) is 4. The fourth-order valence-electron chi connectivity index (χ4n) is 1.50. The van der Waals surface area contributed by atoms with Crippen molar-refractivity contribution in [1.82, 2.24) is 10.3 Å². The third kappa shape index (κ3) is 6.38. The lowest BCUT2D eigenvalue weighted by Crippen LogP contribution is -2.34. The molecule has 1 rings (SSSR count). The minimum Gasteiger partial charge on any atom is -0.477 e. The van der Waals surface area contributed by atoms with Crippen molar-refractivity contribution in [3.8, 4) is 5.88 Å². The van der Waals surface area contributed by atoms with E-state index in [-0.39, 0.29) is 0 Å². The van der Waals surface area contributed by atoms with E-state index >= 15 is 0 Å². The Morgan fingerprint density at radius 2 is 2.30 bits per heavy atom. The summed E-state index contributed by atoms with van der Waals surface area (Å²) in [6.07, 6.45) is 3.82. The summed E-state index contributed by atoms with van der Waals surface area (Å²) in [5, 5.41) is 2.97. The van der Waals surface area contributed by atoms with E-state index in [1.165, 1.54) is 0 Å². The summed E-state index contributed by atoms with van der Waals surface area (Å²) < 4.78 is 10.6. The second-order valence-electron chi connectivity index (χ2n) is 4.29. The summed E-state index contributed by atoms with van der Waals surface area (Å²) in [4.78, 5) is 8.49. The molecule has 0 amide bonds. The van der Waals surface area contributed by atoms with E-state index in [1.807, 2.05) is 12.1 Å². The van der Waals surface area contributed by atoms with Crippen molar-refractivity contribution in [2.45, 2.75) is 26.3 Å². The van der Waals surface area contributed by atoms with Gasteiger partial charge in [0.15, 0.2) is 5.96 Å². The highest BCUT2D eigenvalue weighted by Crippen LogP contribution is 2.15. The first-order chi connectivity index (χ1) is 9.77. The molecule has 112 valence electrons. The highest BCUT2D eigenvalue weighted by Gasteiger charge is 2.04. The minimum absolute atomic E-state index is 0.394. The van der Waals surface area contributed by atoms with Gasteiger partial charge in [-0.15, -0.1) is 0 Å². The van der Waals surface area contributed by atoms with Crippen molar-refractivity contribution in [3.05, 3.63) is 23.9 Å². The van der Waals surface area contributed by atoms with Crippen LogP contribution in [0.2, 0.25) is 0 Å². The van der Waals surface area contributed by atoms with Gasteiger partial charge in [-0.3, -0.25) is 0 Å². The van der Waals surface area contributed by atoms with Gasteiger partial charge in [0.1, 0.15) is 0 Å². The van der Waals surface area contributed by atoms with Crippen LogP contribution < -0.4 is 15.8 Å². The Bertz CT molecular complexity index is 410. The van der Waals surface area contributed by atoms with Crippen LogP contribution in [-0.2, 0) is 11.3 Å². The molecule has 0 radical (unpaired) electrons. The third-order valence-electron chi connectivity index (χ3n) is 2.62. The molecular formula is C14H24N4O2. The molecule has 0 fully saturated rings. The van der Waals surface area contributed by atoms with Crippen molar-refractivity contribution in [3.63, 3.8) is 0 Å². The van der Waals surface area contributed by atoms with Crippen molar-refractivity contribution in [2.24, 2.45) is 10.7 Å². The maximum Gasteiger partial charge on any atom is 0.218 e. The summed E-state index contributed by atoms with van der Waals surface area (Å²) in [7, 11) is 1.64. The lowest BCUT2D eigenvalue weighted by atomic mass is 10.3. The molecule has 6 nitrogen and oxygen atoms in total. The Balaban J connectivity index is 2.51. The average molecular weight is 280 g/mol.